The Kier molecular flexibility index (Phi) is 5.87. The van der Waals surface area contributed by atoms with E-state index >= 15 is 0 Å². The molecule has 0 saturated carbocycles. The number of carbonyl (C=O) groups is 2. The molecule has 5 heteroatoms. The van der Waals surface area contributed by atoms with E-state index in [1.807, 2.05) is 11.9 Å². The van der Waals surface area contributed by atoms with Crippen molar-refractivity contribution >= 4 is 11.9 Å². The number of rotatable bonds is 6. The molecule has 0 bridgehead atoms. The largest absolute Gasteiger partial charge is 0.481 e. The monoisotopic (exact) mass is 202 g/mol. The van der Waals surface area contributed by atoms with Gasteiger partial charge in [0.05, 0.1) is 6.04 Å². The highest BCUT2D eigenvalue weighted by molar-refractivity contribution is 5.80. The Morgan fingerprint density at radius 3 is 2.50 bits per heavy atom. The lowest BCUT2D eigenvalue weighted by molar-refractivity contribution is -0.137. The average Bonchev–Trinajstić information content (AvgIpc) is 2.14. The van der Waals surface area contributed by atoms with Gasteiger partial charge in [-0.2, -0.15) is 0 Å². The van der Waals surface area contributed by atoms with Crippen LogP contribution in [0.15, 0.2) is 0 Å². The lowest BCUT2D eigenvalue weighted by Gasteiger charge is -2.22. The summed E-state index contributed by atoms with van der Waals surface area (Å²) in [7, 11) is 3.39. The third kappa shape index (κ3) is 4.81. The van der Waals surface area contributed by atoms with Gasteiger partial charge < -0.3 is 10.4 Å². The van der Waals surface area contributed by atoms with Gasteiger partial charge in [-0.15, -0.1) is 0 Å². The van der Waals surface area contributed by atoms with Crippen molar-refractivity contribution in [2.45, 2.75) is 25.8 Å². The predicted molar refractivity (Wildman–Crippen MR) is 53.0 cm³/mol. The summed E-state index contributed by atoms with van der Waals surface area (Å²) in [4.78, 5) is 23.3. The van der Waals surface area contributed by atoms with Crippen molar-refractivity contribution in [2.24, 2.45) is 0 Å². The topological polar surface area (TPSA) is 69.6 Å². The van der Waals surface area contributed by atoms with Crippen LogP contribution < -0.4 is 5.32 Å². The van der Waals surface area contributed by atoms with Crippen molar-refractivity contribution in [3.63, 3.8) is 0 Å². The first-order chi connectivity index (χ1) is 6.49. The maximum absolute atomic E-state index is 11.2. The van der Waals surface area contributed by atoms with Crippen LogP contribution in [0.5, 0.6) is 0 Å². The molecular weight excluding hydrogens is 184 g/mol. The standard InChI is InChI=1S/C9H18N2O3/c1-7(9(14)10-2)11(3)6-4-5-8(12)13/h7H,4-6H2,1-3H3,(H,10,14)(H,12,13). The fraction of sp³-hybridized carbons (Fsp3) is 0.778. The van der Waals surface area contributed by atoms with Crippen LogP contribution in [0.1, 0.15) is 19.8 Å². The number of carboxylic acid groups (broad SMARTS) is 1. The SMILES string of the molecule is CNC(=O)C(C)N(C)CCCC(=O)O. The number of hydrogen-bond acceptors (Lipinski definition) is 3. The number of hydrogen-bond donors (Lipinski definition) is 2. The van der Waals surface area contributed by atoms with Gasteiger partial charge in [0.15, 0.2) is 0 Å². The van der Waals surface area contributed by atoms with Crippen molar-refractivity contribution in [1.29, 1.82) is 0 Å². The highest BCUT2D eigenvalue weighted by Crippen LogP contribution is 1.99. The molecule has 0 aromatic carbocycles. The average molecular weight is 202 g/mol. The summed E-state index contributed by atoms with van der Waals surface area (Å²) in [6.45, 7) is 2.40. The van der Waals surface area contributed by atoms with E-state index in [0.717, 1.165) is 0 Å². The predicted octanol–water partition coefficient (Wildman–Crippen LogP) is -0.0825. The van der Waals surface area contributed by atoms with Gasteiger partial charge in [-0.3, -0.25) is 14.5 Å². The van der Waals surface area contributed by atoms with Crippen LogP contribution in [0.3, 0.4) is 0 Å². The van der Waals surface area contributed by atoms with E-state index < -0.39 is 5.97 Å². The van der Waals surface area contributed by atoms with Gasteiger partial charge in [-0.1, -0.05) is 0 Å². The van der Waals surface area contributed by atoms with Gasteiger partial charge in [0, 0.05) is 13.5 Å². The van der Waals surface area contributed by atoms with E-state index in [0.29, 0.717) is 13.0 Å². The number of likely N-dealkylation sites (N-methyl/N-ethyl adjacent to an activating group) is 2. The highest BCUT2D eigenvalue weighted by Gasteiger charge is 2.15. The second-order valence-corrected chi connectivity index (χ2v) is 3.27. The number of aliphatic carboxylic acids is 1. The first-order valence-corrected chi connectivity index (χ1v) is 4.62. The number of carboxylic acids is 1. The molecule has 0 radical (unpaired) electrons. The minimum absolute atomic E-state index is 0.0529. The third-order valence-corrected chi connectivity index (χ3v) is 2.19. The van der Waals surface area contributed by atoms with Gasteiger partial charge in [0.25, 0.3) is 0 Å². The van der Waals surface area contributed by atoms with Gasteiger partial charge in [-0.25, -0.2) is 0 Å². The molecule has 0 fully saturated rings. The molecule has 0 aliphatic rings. The molecule has 2 N–H and O–H groups in total. The number of nitrogens with zero attached hydrogens (tertiary/aromatic N) is 1. The third-order valence-electron chi connectivity index (χ3n) is 2.19. The number of carbonyl (C=O) groups excluding carboxylic acids is 1. The lowest BCUT2D eigenvalue weighted by Crippen LogP contribution is -2.42. The minimum Gasteiger partial charge on any atom is -0.481 e. The molecule has 5 nitrogen and oxygen atoms in total. The van der Waals surface area contributed by atoms with E-state index in [9.17, 15) is 9.59 Å². The fourth-order valence-corrected chi connectivity index (χ4v) is 1.08. The second-order valence-electron chi connectivity index (χ2n) is 3.27. The van der Waals surface area contributed by atoms with Crippen molar-refractivity contribution in [3.8, 4) is 0 Å². The molecule has 14 heavy (non-hydrogen) atoms. The molecule has 0 rings (SSSR count). The zero-order valence-electron chi connectivity index (χ0n) is 8.91. The Labute approximate surface area is 84.1 Å². The van der Waals surface area contributed by atoms with Crippen LogP contribution in [-0.4, -0.2) is 48.6 Å². The lowest BCUT2D eigenvalue weighted by atomic mass is 10.2. The van der Waals surface area contributed by atoms with E-state index in [2.05, 4.69) is 5.32 Å². The van der Waals surface area contributed by atoms with E-state index in [-0.39, 0.29) is 18.4 Å². The highest BCUT2D eigenvalue weighted by atomic mass is 16.4. The molecule has 0 saturated heterocycles. The van der Waals surface area contributed by atoms with E-state index in [4.69, 9.17) is 5.11 Å². The summed E-state index contributed by atoms with van der Waals surface area (Å²) in [6, 6.07) is -0.214. The zero-order valence-corrected chi connectivity index (χ0v) is 8.91. The van der Waals surface area contributed by atoms with Gasteiger partial charge >= 0.3 is 5.97 Å². The van der Waals surface area contributed by atoms with Gasteiger partial charge in [0.2, 0.25) is 5.91 Å². The summed E-state index contributed by atoms with van der Waals surface area (Å²) in [5.74, 6) is -0.853. The van der Waals surface area contributed by atoms with Crippen LogP contribution in [0.25, 0.3) is 0 Å². The normalized spacial score (nSPS) is 12.6. The molecule has 0 heterocycles. The van der Waals surface area contributed by atoms with Gasteiger partial charge in [0.1, 0.15) is 0 Å². The molecule has 0 aromatic heterocycles. The van der Waals surface area contributed by atoms with Crippen molar-refractivity contribution in [2.75, 3.05) is 20.6 Å². The van der Waals surface area contributed by atoms with Crippen molar-refractivity contribution < 1.29 is 14.7 Å². The molecule has 1 atom stereocenters. The molecule has 0 aliphatic carbocycles. The van der Waals surface area contributed by atoms with Crippen LogP contribution >= 0.6 is 0 Å². The second kappa shape index (κ2) is 6.37. The maximum Gasteiger partial charge on any atom is 0.303 e. The van der Waals surface area contributed by atoms with Gasteiger partial charge in [-0.05, 0) is 26.9 Å². The molecule has 0 aromatic rings. The minimum atomic E-state index is -0.800. The van der Waals surface area contributed by atoms with E-state index in [1.54, 1.807) is 14.0 Å². The van der Waals surface area contributed by atoms with Crippen molar-refractivity contribution in [1.82, 2.24) is 10.2 Å². The van der Waals surface area contributed by atoms with E-state index in [1.165, 1.54) is 0 Å². The van der Waals surface area contributed by atoms with Crippen LogP contribution in [0.2, 0.25) is 0 Å². The first-order valence-electron chi connectivity index (χ1n) is 4.62. The summed E-state index contributed by atoms with van der Waals surface area (Å²) in [5, 5.41) is 11.0. The fourth-order valence-electron chi connectivity index (χ4n) is 1.08. The number of amides is 1. The molecule has 0 spiro atoms. The van der Waals surface area contributed by atoms with Crippen LogP contribution in [0, 0.1) is 0 Å². The molecule has 0 aliphatic heterocycles. The molecule has 1 amide bonds. The zero-order chi connectivity index (χ0) is 11.1. The molecule has 1 unspecified atom stereocenters. The quantitative estimate of drug-likeness (QED) is 0.632. The smallest absolute Gasteiger partial charge is 0.303 e. The summed E-state index contributed by atoms with van der Waals surface area (Å²) in [5.41, 5.74) is 0. The molecular formula is C9H18N2O3. The molecule has 82 valence electrons. The summed E-state index contributed by atoms with van der Waals surface area (Å²) in [6.07, 6.45) is 0.706. The Hall–Kier alpha value is -1.10. The summed E-state index contributed by atoms with van der Waals surface area (Å²) >= 11 is 0. The first kappa shape index (κ1) is 12.9. The Morgan fingerprint density at radius 2 is 2.07 bits per heavy atom. The maximum atomic E-state index is 11.2. The van der Waals surface area contributed by atoms with Crippen molar-refractivity contribution in [3.05, 3.63) is 0 Å². The summed E-state index contributed by atoms with van der Waals surface area (Å²) < 4.78 is 0. The Bertz CT molecular complexity index is 206. The van der Waals surface area contributed by atoms with Crippen LogP contribution in [0.4, 0.5) is 0 Å². The Balaban J connectivity index is 3.78. The van der Waals surface area contributed by atoms with Crippen LogP contribution in [-0.2, 0) is 9.59 Å². The Morgan fingerprint density at radius 1 is 1.50 bits per heavy atom. The number of nitrogens with one attached hydrogen (secondary N) is 1.